The van der Waals surface area contributed by atoms with Crippen molar-refractivity contribution < 1.29 is 38.0 Å². The van der Waals surface area contributed by atoms with Crippen molar-refractivity contribution in [2.24, 2.45) is 0 Å². The Balaban J connectivity index is 1.88. The number of nitrogens with one attached hydrogen (secondary N) is 1. The molecule has 1 heterocycles. The molecule has 0 saturated heterocycles. The van der Waals surface area contributed by atoms with E-state index in [1.165, 1.54) is 27.6 Å². The Morgan fingerprint density at radius 3 is 2.31 bits per heavy atom. The maximum Gasteiger partial charge on any atom is 0.377 e. The molecule has 0 unspecified atom stereocenters. The molecule has 0 fully saturated rings. The van der Waals surface area contributed by atoms with Gasteiger partial charge in [-0.1, -0.05) is 0 Å². The van der Waals surface area contributed by atoms with Crippen LogP contribution in [0.25, 0.3) is 0 Å². The molecular weight excluding hydrogens is 346 g/mol. The van der Waals surface area contributed by atoms with Gasteiger partial charge in [0.2, 0.25) is 11.5 Å². The second kappa shape index (κ2) is 9.40. The van der Waals surface area contributed by atoms with Gasteiger partial charge in [-0.2, -0.15) is 0 Å². The number of hydrogen-bond donors (Lipinski definition) is 1. The topological polar surface area (TPSA) is 102 Å². The van der Waals surface area contributed by atoms with E-state index in [-0.39, 0.29) is 18.9 Å². The van der Waals surface area contributed by atoms with Crippen molar-refractivity contribution >= 4 is 11.9 Å². The van der Waals surface area contributed by atoms with Crippen LogP contribution in [0.1, 0.15) is 5.56 Å². The van der Waals surface area contributed by atoms with Crippen molar-refractivity contribution in [3.05, 3.63) is 29.7 Å². The van der Waals surface area contributed by atoms with Gasteiger partial charge in [0.05, 0.1) is 21.3 Å². The zero-order chi connectivity index (χ0) is 18.9. The summed E-state index contributed by atoms with van der Waals surface area (Å²) in [5, 5.41) is 2.64. The van der Waals surface area contributed by atoms with E-state index in [1.54, 1.807) is 12.1 Å². The zero-order valence-corrected chi connectivity index (χ0v) is 14.8. The number of benzene rings is 1. The molecule has 1 aromatic carbocycles. The molecule has 1 amide bonds. The summed E-state index contributed by atoms with van der Waals surface area (Å²) < 4.78 is 30.6. The average Bonchev–Trinajstić information content (AvgIpc) is 2.69. The zero-order valence-electron chi connectivity index (χ0n) is 14.8. The Morgan fingerprint density at radius 2 is 1.77 bits per heavy atom. The third kappa shape index (κ3) is 4.95. The first kappa shape index (κ1) is 19.2. The minimum absolute atomic E-state index is 0.0614. The molecule has 0 aromatic heterocycles. The van der Waals surface area contributed by atoms with E-state index in [4.69, 9.17) is 28.4 Å². The van der Waals surface area contributed by atoms with Crippen LogP contribution in [-0.4, -0.2) is 53.0 Å². The molecule has 0 aliphatic carbocycles. The van der Waals surface area contributed by atoms with E-state index >= 15 is 0 Å². The lowest BCUT2D eigenvalue weighted by atomic mass is 10.1. The summed E-state index contributed by atoms with van der Waals surface area (Å²) in [5.41, 5.74) is 0.728. The van der Waals surface area contributed by atoms with Gasteiger partial charge in [0.15, 0.2) is 18.1 Å². The van der Waals surface area contributed by atoms with Crippen molar-refractivity contribution in [1.82, 2.24) is 5.32 Å². The molecule has 1 N–H and O–H groups in total. The molecule has 1 aromatic rings. The van der Waals surface area contributed by atoms with Crippen LogP contribution >= 0.6 is 0 Å². The summed E-state index contributed by atoms with van der Waals surface area (Å²) in [6, 6.07) is 3.43. The van der Waals surface area contributed by atoms with Gasteiger partial charge in [-0.3, -0.25) is 4.79 Å². The minimum atomic E-state index is -0.757. The monoisotopic (exact) mass is 367 g/mol. The molecule has 0 radical (unpaired) electrons. The second-order valence-corrected chi connectivity index (χ2v) is 5.09. The van der Waals surface area contributed by atoms with Crippen molar-refractivity contribution in [1.29, 1.82) is 0 Å². The predicted octanol–water partition coefficient (Wildman–Crippen LogP) is 0.760. The largest absolute Gasteiger partial charge is 0.493 e. The van der Waals surface area contributed by atoms with Crippen molar-refractivity contribution in [2.45, 2.75) is 6.54 Å². The third-order valence-electron chi connectivity index (χ3n) is 3.40. The lowest BCUT2D eigenvalue weighted by Crippen LogP contribution is -2.29. The van der Waals surface area contributed by atoms with Gasteiger partial charge in [-0.15, -0.1) is 0 Å². The number of methoxy groups -OCH3 is 3. The highest BCUT2D eigenvalue weighted by Gasteiger charge is 2.18. The number of hydrogen-bond acceptors (Lipinski definition) is 8. The molecule has 2 rings (SSSR count). The van der Waals surface area contributed by atoms with Gasteiger partial charge in [0.25, 0.3) is 5.91 Å². The Bertz CT molecular complexity index is 660. The molecule has 0 bridgehead atoms. The van der Waals surface area contributed by atoms with Crippen molar-refractivity contribution in [3.63, 3.8) is 0 Å². The summed E-state index contributed by atoms with van der Waals surface area (Å²) in [4.78, 5) is 23.6. The maximum atomic E-state index is 11.9. The van der Waals surface area contributed by atoms with Crippen LogP contribution in [0.2, 0.25) is 0 Å². The van der Waals surface area contributed by atoms with Crippen molar-refractivity contribution in [2.75, 3.05) is 41.2 Å². The molecule has 9 heteroatoms. The Labute approximate surface area is 150 Å². The van der Waals surface area contributed by atoms with Gasteiger partial charge in [0, 0.05) is 6.54 Å². The van der Waals surface area contributed by atoms with Gasteiger partial charge < -0.3 is 33.7 Å². The molecule has 0 spiro atoms. The van der Waals surface area contributed by atoms with E-state index in [1.807, 2.05) is 0 Å². The Morgan fingerprint density at radius 1 is 1.08 bits per heavy atom. The van der Waals surface area contributed by atoms with Gasteiger partial charge in [-0.25, -0.2) is 4.79 Å². The standard InChI is InChI=1S/C17H21NO8/c1-21-12-6-11(7-13(22-2)16(12)23-3)8-18-15(19)10-26-17(20)14-9-24-4-5-25-14/h6-7,9H,4-5,8,10H2,1-3H3,(H,18,19). The summed E-state index contributed by atoms with van der Waals surface area (Å²) in [6.45, 7) is 0.375. The summed E-state index contributed by atoms with van der Waals surface area (Å²) >= 11 is 0. The van der Waals surface area contributed by atoms with Gasteiger partial charge in [-0.05, 0) is 17.7 Å². The highest BCUT2D eigenvalue weighted by Crippen LogP contribution is 2.38. The number of carbonyl (C=O) groups excluding carboxylic acids is 2. The molecule has 1 aliphatic rings. The van der Waals surface area contributed by atoms with E-state index in [0.717, 1.165) is 5.56 Å². The molecular formula is C17H21NO8. The van der Waals surface area contributed by atoms with E-state index < -0.39 is 18.5 Å². The van der Waals surface area contributed by atoms with Crippen molar-refractivity contribution in [3.8, 4) is 17.2 Å². The third-order valence-corrected chi connectivity index (χ3v) is 3.40. The van der Waals surface area contributed by atoms with Crippen LogP contribution < -0.4 is 19.5 Å². The first-order chi connectivity index (χ1) is 12.6. The Kier molecular flexibility index (Phi) is 6.95. The van der Waals surface area contributed by atoms with Gasteiger partial charge >= 0.3 is 5.97 Å². The quantitative estimate of drug-likeness (QED) is 0.672. The van der Waals surface area contributed by atoms with Crippen LogP contribution in [0.15, 0.2) is 24.2 Å². The molecule has 26 heavy (non-hydrogen) atoms. The van der Waals surface area contributed by atoms with Crippen LogP contribution in [-0.2, 0) is 30.3 Å². The number of rotatable bonds is 8. The first-order valence-electron chi connectivity index (χ1n) is 7.76. The lowest BCUT2D eigenvalue weighted by Gasteiger charge is -2.15. The highest BCUT2D eigenvalue weighted by atomic mass is 16.6. The smallest absolute Gasteiger partial charge is 0.377 e. The average molecular weight is 367 g/mol. The Hall–Kier alpha value is -3.10. The van der Waals surface area contributed by atoms with Crippen LogP contribution in [0.3, 0.4) is 0 Å². The highest BCUT2D eigenvalue weighted by molar-refractivity contribution is 5.88. The van der Waals surface area contributed by atoms with Crippen LogP contribution in [0, 0.1) is 0 Å². The second-order valence-electron chi connectivity index (χ2n) is 5.09. The summed E-state index contributed by atoms with van der Waals surface area (Å²) in [6.07, 6.45) is 1.17. The van der Waals surface area contributed by atoms with E-state index in [2.05, 4.69) is 5.32 Å². The normalized spacial score (nSPS) is 12.8. The molecule has 142 valence electrons. The van der Waals surface area contributed by atoms with E-state index in [0.29, 0.717) is 23.9 Å². The first-order valence-corrected chi connectivity index (χ1v) is 7.76. The summed E-state index contributed by atoms with van der Waals surface area (Å²) in [5.74, 6) is 0.126. The number of amides is 1. The minimum Gasteiger partial charge on any atom is -0.493 e. The fraction of sp³-hybridized carbons (Fsp3) is 0.412. The van der Waals surface area contributed by atoms with Crippen LogP contribution in [0.5, 0.6) is 17.2 Å². The molecule has 9 nitrogen and oxygen atoms in total. The lowest BCUT2D eigenvalue weighted by molar-refractivity contribution is -0.149. The number of ether oxygens (including phenoxy) is 6. The molecule has 0 atom stereocenters. The fourth-order valence-electron chi connectivity index (χ4n) is 2.17. The fourth-order valence-corrected chi connectivity index (χ4v) is 2.17. The SMILES string of the molecule is COc1cc(CNC(=O)COC(=O)C2=COCCO2)cc(OC)c1OC. The number of carbonyl (C=O) groups is 2. The summed E-state index contributed by atoms with van der Waals surface area (Å²) in [7, 11) is 4.52. The van der Waals surface area contributed by atoms with Crippen LogP contribution in [0.4, 0.5) is 0 Å². The molecule has 0 saturated carbocycles. The number of esters is 1. The van der Waals surface area contributed by atoms with Gasteiger partial charge in [0.1, 0.15) is 19.5 Å². The predicted molar refractivity (Wildman–Crippen MR) is 88.9 cm³/mol. The maximum absolute atomic E-state index is 11.9. The molecule has 1 aliphatic heterocycles. The van der Waals surface area contributed by atoms with E-state index in [9.17, 15) is 9.59 Å².